The fourth-order valence-electron chi connectivity index (χ4n) is 4.26. The first-order valence-corrected chi connectivity index (χ1v) is 12.8. The van der Waals surface area contributed by atoms with Crippen LogP contribution >= 0.6 is 0 Å². The zero-order valence-corrected chi connectivity index (χ0v) is 20.4. The number of allylic oxidation sites excluding steroid dienone is 2. The molecule has 32 heavy (non-hydrogen) atoms. The van der Waals surface area contributed by atoms with Crippen LogP contribution in [0.1, 0.15) is 103 Å². The summed E-state index contributed by atoms with van der Waals surface area (Å²) in [5.74, 6) is 6.52. The maximum atomic E-state index is 12.6. The summed E-state index contributed by atoms with van der Waals surface area (Å²) in [5, 5.41) is 3.38. The van der Waals surface area contributed by atoms with Gasteiger partial charge in [-0.3, -0.25) is 4.79 Å². The average Bonchev–Trinajstić information content (AvgIpc) is 2.81. The molecule has 0 atom stereocenters. The van der Waals surface area contributed by atoms with Gasteiger partial charge in [0.2, 0.25) is 0 Å². The average molecular weight is 438 g/mol. The molecule has 1 aromatic rings. The van der Waals surface area contributed by atoms with Crippen LogP contribution in [-0.2, 0) is 15.1 Å². The first-order chi connectivity index (χ1) is 15.7. The van der Waals surface area contributed by atoms with Crippen molar-refractivity contribution in [2.24, 2.45) is 0 Å². The normalized spacial score (nSPS) is 15.6. The molecular formula is C29H43NO2. The van der Waals surface area contributed by atoms with Gasteiger partial charge >= 0.3 is 5.97 Å². The van der Waals surface area contributed by atoms with Gasteiger partial charge in [0.25, 0.3) is 0 Å². The van der Waals surface area contributed by atoms with Crippen molar-refractivity contribution in [1.29, 1.82) is 0 Å². The van der Waals surface area contributed by atoms with E-state index >= 15 is 0 Å². The molecule has 1 fully saturated rings. The fraction of sp³-hybridized carbons (Fsp3) is 0.621. The SMILES string of the molecule is CCCC/C=C(\C)C#CCCCCCCCCC(=O)OC1(c2ccccc2)CCNCC1. The summed E-state index contributed by atoms with van der Waals surface area (Å²) in [5.41, 5.74) is 1.89. The second-order valence-corrected chi connectivity index (χ2v) is 9.04. The van der Waals surface area contributed by atoms with E-state index in [2.05, 4.69) is 49.2 Å². The molecule has 0 amide bonds. The standard InChI is InChI=1S/C29H43NO2/c1-3-4-12-17-26(2)18-13-9-7-5-6-8-10-16-21-28(31)32-29(22-24-30-25-23-29)27-19-14-11-15-20-27/h11,14-15,17,19-20,30H,3-10,12,16,21-25H2,1-2H3/b26-17+. The van der Waals surface area contributed by atoms with E-state index < -0.39 is 5.60 Å². The molecule has 3 heteroatoms. The Labute approximate surface area is 196 Å². The maximum absolute atomic E-state index is 12.6. The Hall–Kier alpha value is -2.05. The van der Waals surface area contributed by atoms with E-state index in [0.29, 0.717) is 6.42 Å². The lowest BCUT2D eigenvalue weighted by Gasteiger charge is -2.37. The highest BCUT2D eigenvalue weighted by atomic mass is 16.6. The van der Waals surface area contributed by atoms with Crippen LogP contribution in [0, 0.1) is 11.8 Å². The summed E-state index contributed by atoms with van der Waals surface area (Å²) in [4.78, 5) is 12.6. The van der Waals surface area contributed by atoms with E-state index in [1.165, 1.54) is 44.1 Å². The van der Waals surface area contributed by atoms with Gasteiger partial charge in [0.1, 0.15) is 5.60 Å². The Balaban J connectivity index is 1.57. The van der Waals surface area contributed by atoms with Crippen LogP contribution in [0.2, 0.25) is 0 Å². The number of unbranched alkanes of at least 4 members (excludes halogenated alkanes) is 8. The van der Waals surface area contributed by atoms with Gasteiger partial charge in [-0.25, -0.2) is 0 Å². The number of ether oxygens (including phenoxy) is 1. The van der Waals surface area contributed by atoms with Crippen LogP contribution in [0.5, 0.6) is 0 Å². The number of carbonyl (C=O) groups is 1. The molecule has 0 saturated carbocycles. The van der Waals surface area contributed by atoms with E-state index in [1.54, 1.807) is 0 Å². The molecule has 0 aromatic heterocycles. The van der Waals surface area contributed by atoms with E-state index in [-0.39, 0.29) is 5.97 Å². The molecule has 176 valence electrons. The summed E-state index contributed by atoms with van der Waals surface area (Å²) in [6.07, 6.45) is 15.9. The number of carbonyl (C=O) groups excluding carboxylic acids is 1. The third-order valence-corrected chi connectivity index (χ3v) is 6.25. The quantitative estimate of drug-likeness (QED) is 0.204. The zero-order valence-electron chi connectivity index (χ0n) is 20.4. The van der Waals surface area contributed by atoms with Crippen molar-refractivity contribution in [1.82, 2.24) is 5.32 Å². The molecule has 3 nitrogen and oxygen atoms in total. The minimum atomic E-state index is -0.450. The smallest absolute Gasteiger partial charge is 0.306 e. The number of benzene rings is 1. The van der Waals surface area contributed by atoms with Crippen LogP contribution < -0.4 is 5.32 Å². The molecule has 0 unspecified atom stereocenters. The first kappa shape index (κ1) is 26.2. The molecule has 0 radical (unpaired) electrons. The molecule has 1 saturated heterocycles. The molecule has 1 heterocycles. The highest BCUT2D eigenvalue weighted by Gasteiger charge is 2.37. The molecule has 1 aromatic carbocycles. The fourth-order valence-corrected chi connectivity index (χ4v) is 4.26. The predicted octanol–water partition coefficient (Wildman–Crippen LogP) is 7.07. The molecule has 0 spiro atoms. The molecular weight excluding hydrogens is 394 g/mol. The maximum Gasteiger partial charge on any atom is 0.306 e. The summed E-state index contributed by atoms with van der Waals surface area (Å²) in [6, 6.07) is 10.3. The Bertz CT molecular complexity index is 735. The van der Waals surface area contributed by atoms with Gasteiger partial charge < -0.3 is 10.1 Å². The van der Waals surface area contributed by atoms with Crippen molar-refractivity contribution >= 4 is 5.97 Å². The van der Waals surface area contributed by atoms with Crippen LogP contribution in [0.3, 0.4) is 0 Å². The minimum Gasteiger partial charge on any atom is -0.454 e. The van der Waals surface area contributed by atoms with Gasteiger partial charge in [0, 0.05) is 25.7 Å². The third-order valence-electron chi connectivity index (χ3n) is 6.25. The monoisotopic (exact) mass is 437 g/mol. The van der Waals surface area contributed by atoms with Crippen LogP contribution in [0.4, 0.5) is 0 Å². The summed E-state index contributed by atoms with van der Waals surface area (Å²) in [7, 11) is 0. The zero-order chi connectivity index (χ0) is 22.9. The van der Waals surface area contributed by atoms with E-state index in [1.807, 2.05) is 18.2 Å². The highest BCUT2D eigenvalue weighted by Crippen LogP contribution is 2.35. The molecule has 1 aliphatic heterocycles. The molecule has 1 N–H and O–H groups in total. The number of nitrogens with one attached hydrogen (secondary N) is 1. The van der Waals surface area contributed by atoms with Crippen molar-refractivity contribution in [3.05, 3.63) is 47.5 Å². The Morgan fingerprint density at radius 3 is 2.44 bits per heavy atom. The van der Waals surface area contributed by atoms with Crippen molar-refractivity contribution < 1.29 is 9.53 Å². The summed E-state index contributed by atoms with van der Waals surface area (Å²) in [6.45, 7) is 6.11. The van der Waals surface area contributed by atoms with Gasteiger partial charge in [-0.05, 0) is 50.4 Å². The van der Waals surface area contributed by atoms with Crippen molar-refractivity contribution in [3.63, 3.8) is 0 Å². The second-order valence-electron chi connectivity index (χ2n) is 9.04. The molecule has 0 bridgehead atoms. The van der Waals surface area contributed by atoms with Crippen LogP contribution in [0.15, 0.2) is 42.0 Å². The van der Waals surface area contributed by atoms with E-state index in [9.17, 15) is 4.79 Å². The van der Waals surface area contributed by atoms with Gasteiger partial charge in [0.05, 0.1) is 0 Å². The molecule has 0 aliphatic carbocycles. The lowest BCUT2D eigenvalue weighted by atomic mass is 9.84. The van der Waals surface area contributed by atoms with Gasteiger partial charge in [-0.15, -0.1) is 0 Å². The van der Waals surface area contributed by atoms with Gasteiger partial charge in [0.15, 0.2) is 0 Å². The highest BCUT2D eigenvalue weighted by molar-refractivity contribution is 5.70. The number of rotatable bonds is 13. The number of hydrogen-bond donors (Lipinski definition) is 1. The number of esters is 1. The number of piperidine rings is 1. The Morgan fingerprint density at radius 1 is 1.03 bits per heavy atom. The Morgan fingerprint density at radius 2 is 1.72 bits per heavy atom. The minimum absolute atomic E-state index is 0.0478. The predicted molar refractivity (Wildman–Crippen MR) is 134 cm³/mol. The Kier molecular flexibility index (Phi) is 12.9. The van der Waals surface area contributed by atoms with Crippen molar-refractivity contribution in [2.45, 2.75) is 103 Å². The van der Waals surface area contributed by atoms with Gasteiger partial charge in [-0.1, -0.05) is 93.7 Å². The lowest BCUT2D eigenvalue weighted by molar-refractivity contribution is -0.164. The van der Waals surface area contributed by atoms with Crippen LogP contribution in [0.25, 0.3) is 0 Å². The van der Waals surface area contributed by atoms with Gasteiger partial charge in [-0.2, -0.15) is 0 Å². The van der Waals surface area contributed by atoms with Crippen LogP contribution in [-0.4, -0.2) is 19.1 Å². The summed E-state index contributed by atoms with van der Waals surface area (Å²) < 4.78 is 6.09. The van der Waals surface area contributed by atoms with Crippen molar-refractivity contribution in [3.8, 4) is 11.8 Å². The topological polar surface area (TPSA) is 38.3 Å². The number of hydrogen-bond acceptors (Lipinski definition) is 3. The first-order valence-electron chi connectivity index (χ1n) is 12.8. The lowest BCUT2D eigenvalue weighted by Crippen LogP contribution is -2.43. The second kappa shape index (κ2) is 15.7. The summed E-state index contributed by atoms with van der Waals surface area (Å²) >= 11 is 0. The largest absolute Gasteiger partial charge is 0.454 e. The van der Waals surface area contributed by atoms with E-state index in [0.717, 1.165) is 57.2 Å². The van der Waals surface area contributed by atoms with E-state index in [4.69, 9.17) is 4.74 Å². The molecule has 2 rings (SSSR count). The molecule has 1 aliphatic rings. The third kappa shape index (κ3) is 10.0. The van der Waals surface area contributed by atoms with Crippen molar-refractivity contribution in [2.75, 3.05) is 13.1 Å².